The number of likely N-dealkylation sites (tertiary alicyclic amines) is 1. The minimum absolute atomic E-state index is 0.692. The summed E-state index contributed by atoms with van der Waals surface area (Å²) >= 11 is 0. The number of nitrogens with zero attached hydrogens (tertiary/aromatic N) is 2. The second kappa shape index (κ2) is 6.01. The van der Waals surface area contributed by atoms with E-state index in [1.54, 1.807) is 0 Å². The summed E-state index contributed by atoms with van der Waals surface area (Å²) in [5.74, 6) is 0. The number of hydrogen-bond donors (Lipinski definition) is 1. The molecule has 2 heterocycles. The van der Waals surface area contributed by atoms with Crippen molar-refractivity contribution in [1.29, 1.82) is 0 Å². The van der Waals surface area contributed by atoms with Crippen molar-refractivity contribution in [2.75, 3.05) is 18.9 Å². The first kappa shape index (κ1) is 12.4. The fourth-order valence-corrected chi connectivity index (χ4v) is 2.50. The van der Waals surface area contributed by atoms with Crippen molar-refractivity contribution in [3.63, 3.8) is 0 Å². The average molecular weight is 233 g/mol. The Bertz CT molecular complexity index is 351. The Kier molecular flexibility index (Phi) is 4.37. The van der Waals surface area contributed by atoms with Crippen LogP contribution in [0.2, 0.25) is 0 Å². The highest BCUT2D eigenvalue weighted by atomic mass is 15.2. The van der Waals surface area contributed by atoms with Gasteiger partial charge in [-0.05, 0) is 38.4 Å². The zero-order valence-corrected chi connectivity index (χ0v) is 10.9. The molecule has 1 aliphatic heterocycles. The molecular formula is C14H23N3. The van der Waals surface area contributed by atoms with Crippen LogP contribution in [0.25, 0.3) is 0 Å². The van der Waals surface area contributed by atoms with Gasteiger partial charge in [0.05, 0.1) is 5.69 Å². The van der Waals surface area contributed by atoms with E-state index in [-0.39, 0.29) is 0 Å². The molecule has 1 aliphatic rings. The minimum Gasteiger partial charge on any atom is -0.388 e. The summed E-state index contributed by atoms with van der Waals surface area (Å²) in [5, 5.41) is 3.17. The van der Waals surface area contributed by atoms with Crippen molar-refractivity contribution in [3.05, 3.63) is 24.0 Å². The van der Waals surface area contributed by atoms with Gasteiger partial charge in [0.1, 0.15) is 0 Å². The number of rotatable bonds is 3. The zero-order chi connectivity index (χ0) is 12.1. The van der Waals surface area contributed by atoms with E-state index in [4.69, 9.17) is 0 Å². The maximum Gasteiger partial charge on any atom is 0.0564 e. The van der Waals surface area contributed by atoms with Crippen LogP contribution in [0.15, 0.2) is 18.3 Å². The van der Waals surface area contributed by atoms with Gasteiger partial charge < -0.3 is 5.32 Å². The van der Waals surface area contributed by atoms with Crippen LogP contribution >= 0.6 is 0 Å². The summed E-state index contributed by atoms with van der Waals surface area (Å²) in [5.41, 5.74) is 2.32. The fourth-order valence-electron chi connectivity index (χ4n) is 2.50. The summed E-state index contributed by atoms with van der Waals surface area (Å²) in [4.78, 5) is 7.03. The van der Waals surface area contributed by atoms with Crippen LogP contribution in [0.5, 0.6) is 0 Å². The van der Waals surface area contributed by atoms with E-state index in [2.05, 4.69) is 28.2 Å². The molecule has 1 saturated heterocycles. The van der Waals surface area contributed by atoms with Gasteiger partial charge in [-0.1, -0.05) is 12.8 Å². The summed E-state index contributed by atoms with van der Waals surface area (Å²) < 4.78 is 0. The van der Waals surface area contributed by atoms with Crippen LogP contribution in [-0.2, 0) is 6.54 Å². The van der Waals surface area contributed by atoms with E-state index in [0.29, 0.717) is 6.04 Å². The lowest BCUT2D eigenvalue weighted by atomic mass is 10.1. The Morgan fingerprint density at radius 3 is 3.12 bits per heavy atom. The van der Waals surface area contributed by atoms with Gasteiger partial charge in [-0.2, -0.15) is 0 Å². The highest BCUT2D eigenvalue weighted by Gasteiger charge is 2.17. The Balaban J connectivity index is 2.02. The van der Waals surface area contributed by atoms with Crippen molar-refractivity contribution in [1.82, 2.24) is 9.88 Å². The number of aromatic nitrogens is 1. The summed E-state index contributed by atoms with van der Waals surface area (Å²) in [6.45, 7) is 4.54. The third-order valence-electron chi connectivity index (χ3n) is 3.66. The third kappa shape index (κ3) is 3.43. The lowest BCUT2D eigenvalue weighted by Gasteiger charge is -2.26. The van der Waals surface area contributed by atoms with Gasteiger partial charge in [0.2, 0.25) is 0 Å². The molecule has 0 amide bonds. The number of anilines is 1. The second-order valence-electron chi connectivity index (χ2n) is 4.95. The van der Waals surface area contributed by atoms with Crippen molar-refractivity contribution < 1.29 is 0 Å². The lowest BCUT2D eigenvalue weighted by molar-refractivity contribution is 0.202. The van der Waals surface area contributed by atoms with Gasteiger partial charge in [-0.3, -0.25) is 9.88 Å². The molecule has 3 heteroatoms. The normalized spacial score (nSPS) is 22.1. The first-order chi connectivity index (χ1) is 8.29. The number of nitrogens with one attached hydrogen (secondary N) is 1. The predicted octanol–water partition coefficient (Wildman–Crippen LogP) is 2.89. The molecule has 94 valence electrons. The van der Waals surface area contributed by atoms with Crippen LogP contribution in [0, 0.1) is 0 Å². The molecule has 2 rings (SSSR count). The van der Waals surface area contributed by atoms with Crippen LogP contribution < -0.4 is 5.32 Å². The lowest BCUT2D eigenvalue weighted by Crippen LogP contribution is -2.32. The van der Waals surface area contributed by atoms with E-state index >= 15 is 0 Å². The fraction of sp³-hybridized carbons (Fsp3) is 0.643. The standard InChI is InChI=1S/C14H23N3/c1-12-6-4-3-5-9-17(12)11-14-10-13(15-2)7-8-16-14/h7-8,10,12H,3-6,9,11H2,1-2H3,(H,15,16). The zero-order valence-electron chi connectivity index (χ0n) is 10.9. The van der Waals surface area contributed by atoms with E-state index in [0.717, 1.165) is 12.2 Å². The Hall–Kier alpha value is -1.09. The molecule has 1 atom stereocenters. The molecular weight excluding hydrogens is 210 g/mol. The number of hydrogen-bond acceptors (Lipinski definition) is 3. The first-order valence-electron chi connectivity index (χ1n) is 6.66. The Morgan fingerprint density at radius 2 is 2.29 bits per heavy atom. The van der Waals surface area contributed by atoms with Crippen LogP contribution in [0.1, 0.15) is 38.3 Å². The molecule has 17 heavy (non-hydrogen) atoms. The monoisotopic (exact) mass is 233 g/mol. The third-order valence-corrected chi connectivity index (χ3v) is 3.66. The summed E-state index contributed by atoms with van der Waals surface area (Å²) in [6, 6.07) is 4.85. The summed E-state index contributed by atoms with van der Waals surface area (Å²) in [6.07, 6.45) is 7.30. The molecule has 0 radical (unpaired) electrons. The van der Waals surface area contributed by atoms with Crippen molar-refractivity contribution in [2.45, 2.75) is 45.2 Å². The molecule has 1 unspecified atom stereocenters. The Morgan fingerprint density at radius 1 is 1.41 bits per heavy atom. The van der Waals surface area contributed by atoms with Gasteiger partial charge in [0.15, 0.2) is 0 Å². The van der Waals surface area contributed by atoms with Gasteiger partial charge in [-0.15, -0.1) is 0 Å². The van der Waals surface area contributed by atoms with Gasteiger partial charge in [-0.25, -0.2) is 0 Å². The van der Waals surface area contributed by atoms with Crippen LogP contribution in [0.3, 0.4) is 0 Å². The highest BCUT2D eigenvalue weighted by Crippen LogP contribution is 2.19. The topological polar surface area (TPSA) is 28.2 Å². The molecule has 0 bridgehead atoms. The van der Waals surface area contributed by atoms with Crippen molar-refractivity contribution in [2.24, 2.45) is 0 Å². The molecule has 0 aliphatic carbocycles. The quantitative estimate of drug-likeness (QED) is 0.870. The van der Waals surface area contributed by atoms with Gasteiger partial charge in [0.25, 0.3) is 0 Å². The van der Waals surface area contributed by atoms with Gasteiger partial charge in [0, 0.05) is 31.5 Å². The molecule has 0 aromatic carbocycles. The van der Waals surface area contributed by atoms with E-state index in [9.17, 15) is 0 Å². The molecule has 0 saturated carbocycles. The van der Waals surface area contributed by atoms with Crippen molar-refractivity contribution >= 4 is 5.69 Å². The van der Waals surface area contributed by atoms with E-state index in [1.165, 1.54) is 37.9 Å². The average Bonchev–Trinajstić information content (AvgIpc) is 2.55. The molecule has 1 aromatic rings. The maximum atomic E-state index is 4.46. The largest absolute Gasteiger partial charge is 0.388 e. The van der Waals surface area contributed by atoms with Gasteiger partial charge >= 0.3 is 0 Å². The molecule has 1 fully saturated rings. The van der Waals surface area contributed by atoms with Crippen molar-refractivity contribution in [3.8, 4) is 0 Å². The highest BCUT2D eigenvalue weighted by molar-refractivity contribution is 5.42. The Labute approximate surface area is 104 Å². The molecule has 3 nitrogen and oxygen atoms in total. The van der Waals surface area contributed by atoms with Crippen LogP contribution in [0.4, 0.5) is 5.69 Å². The smallest absolute Gasteiger partial charge is 0.0564 e. The SMILES string of the molecule is CNc1ccnc(CN2CCCCCC2C)c1. The van der Waals surface area contributed by atoms with E-state index in [1.807, 2.05) is 19.3 Å². The van der Waals surface area contributed by atoms with Crippen LogP contribution in [-0.4, -0.2) is 29.5 Å². The van der Waals surface area contributed by atoms with E-state index < -0.39 is 0 Å². The summed E-state index contributed by atoms with van der Waals surface area (Å²) in [7, 11) is 1.95. The predicted molar refractivity (Wildman–Crippen MR) is 72.1 cm³/mol. The minimum atomic E-state index is 0.692. The molecule has 1 N–H and O–H groups in total. The first-order valence-corrected chi connectivity index (χ1v) is 6.66. The molecule has 0 spiro atoms. The number of pyridine rings is 1. The maximum absolute atomic E-state index is 4.46. The molecule has 1 aromatic heterocycles. The second-order valence-corrected chi connectivity index (χ2v) is 4.95.